The van der Waals surface area contributed by atoms with Crippen molar-refractivity contribution in [2.75, 3.05) is 0 Å². The van der Waals surface area contributed by atoms with E-state index in [1.165, 1.54) is 11.1 Å². The molecule has 1 nitrogen and oxygen atoms in total. The SMILES string of the molecule is CCc1c[n+](CC)cc(-c2ccccc2)c1Cl. The number of benzene rings is 1. The quantitative estimate of drug-likeness (QED) is 0.724. The largest absolute Gasteiger partial charge is 0.204 e. The van der Waals surface area contributed by atoms with E-state index in [4.69, 9.17) is 11.6 Å². The monoisotopic (exact) mass is 246 g/mol. The van der Waals surface area contributed by atoms with Crippen molar-refractivity contribution in [3.8, 4) is 11.1 Å². The number of halogens is 1. The Bertz CT molecular complexity index is 506. The van der Waals surface area contributed by atoms with Crippen molar-refractivity contribution in [3.05, 3.63) is 53.3 Å². The molecule has 0 aliphatic rings. The first-order chi connectivity index (χ1) is 8.26. The highest BCUT2D eigenvalue weighted by Gasteiger charge is 2.13. The molecule has 0 unspecified atom stereocenters. The van der Waals surface area contributed by atoms with Gasteiger partial charge in [-0.25, -0.2) is 4.57 Å². The summed E-state index contributed by atoms with van der Waals surface area (Å²) in [5.74, 6) is 0. The van der Waals surface area contributed by atoms with E-state index in [0.717, 1.165) is 23.6 Å². The van der Waals surface area contributed by atoms with Crippen LogP contribution in [0.1, 0.15) is 19.4 Å². The second-order valence-electron chi connectivity index (χ2n) is 4.06. The molecular formula is C15H17ClN+. The Labute approximate surface area is 108 Å². The fraction of sp³-hybridized carbons (Fsp3) is 0.267. The molecule has 0 N–H and O–H groups in total. The Kier molecular flexibility index (Phi) is 3.80. The standard InChI is InChI=1S/C15H17ClN/c1-3-12-10-17(4-2)11-14(15(12)16)13-8-6-5-7-9-13/h5-11H,3-4H2,1-2H3/q+1. The highest BCUT2D eigenvalue weighted by molar-refractivity contribution is 6.34. The van der Waals surface area contributed by atoms with Crippen LogP contribution in [0.3, 0.4) is 0 Å². The van der Waals surface area contributed by atoms with Crippen LogP contribution in [-0.4, -0.2) is 0 Å². The maximum Gasteiger partial charge on any atom is 0.178 e. The summed E-state index contributed by atoms with van der Waals surface area (Å²) in [6.45, 7) is 5.24. The molecule has 0 aliphatic carbocycles. The van der Waals surface area contributed by atoms with Gasteiger partial charge in [0.2, 0.25) is 0 Å². The molecule has 0 bridgehead atoms. The number of aryl methyl sites for hydroxylation is 2. The fourth-order valence-corrected chi connectivity index (χ4v) is 2.28. The molecule has 2 heteroatoms. The van der Waals surface area contributed by atoms with Crippen LogP contribution in [0.2, 0.25) is 5.02 Å². The van der Waals surface area contributed by atoms with E-state index in [2.05, 4.69) is 42.9 Å². The highest BCUT2D eigenvalue weighted by atomic mass is 35.5. The lowest BCUT2D eigenvalue weighted by atomic mass is 10.0. The summed E-state index contributed by atoms with van der Waals surface area (Å²) in [6.07, 6.45) is 5.21. The summed E-state index contributed by atoms with van der Waals surface area (Å²) < 4.78 is 2.19. The lowest BCUT2D eigenvalue weighted by Crippen LogP contribution is -2.32. The molecule has 2 rings (SSSR count). The van der Waals surface area contributed by atoms with Gasteiger partial charge in [0.05, 0.1) is 10.6 Å². The zero-order valence-electron chi connectivity index (χ0n) is 10.3. The number of hydrogen-bond donors (Lipinski definition) is 0. The average molecular weight is 247 g/mol. The van der Waals surface area contributed by atoms with Crippen molar-refractivity contribution >= 4 is 11.6 Å². The minimum absolute atomic E-state index is 0.878. The van der Waals surface area contributed by atoms with Crippen LogP contribution in [0.4, 0.5) is 0 Å². The Balaban J connectivity index is 2.60. The molecule has 2 aromatic rings. The van der Waals surface area contributed by atoms with Crippen LogP contribution in [-0.2, 0) is 13.0 Å². The van der Waals surface area contributed by atoms with Crippen LogP contribution in [0.15, 0.2) is 42.7 Å². The second kappa shape index (κ2) is 5.33. The summed E-state index contributed by atoms with van der Waals surface area (Å²) in [5.41, 5.74) is 3.50. The third-order valence-corrected chi connectivity index (χ3v) is 3.41. The van der Waals surface area contributed by atoms with Gasteiger partial charge in [0, 0.05) is 5.56 Å². The maximum absolute atomic E-state index is 6.46. The van der Waals surface area contributed by atoms with E-state index in [0.29, 0.717) is 0 Å². The van der Waals surface area contributed by atoms with Gasteiger partial charge in [0.15, 0.2) is 12.4 Å². The van der Waals surface area contributed by atoms with Crippen molar-refractivity contribution < 1.29 is 4.57 Å². The zero-order chi connectivity index (χ0) is 12.3. The number of pyridine rings is 1. The third-order valence-electron chi connectivity index (χ3n) is 2.97. The molecule has 0 fully saturated rings. The van der Waals surface area contributed by atoms with E-state index in [-0.39, 0.29) is 0 Å². The van der Waals surface area contributed by atoms with Gasteiger partial charge in [-0.05, 0) is 18.9 Å². The van der Waals surface area contributed by atoms with Gasteiger partial charge in [0.1, 0.15) is 6.54 Å². The van der Waals surface area contributed by atoms with Crippen LogP contribution < -0.4 is 4.57 Å². The smallest absolute Gasteiger partial charge is 0.178 e. The van der Waals surface area contributed by atoms with Gasteiger partial charge < -0.3 is 0 Å². The summed E-state index contributed by atoms with van der Waals surface area (Å²) in [6, 6.07) is 10.3. The van der Waals surface area contributed by atoms with Crippen molar-refractivity contribution in [2.45, 2.75) is 26.8 Å². The zero-order valence-corrected chi connectivity index (χ0v) is 11.0. The Morgan fingerprint density at radius 1 is 1.06 bits per heavy atom. The Morgan fingerprint density at radius 2 is 1.76 bits per heavy atom. The van der Waals surface area contributed by atoms with E-state index in [1.807, 2.05) is 18.2 Å². The van der Waals surface area contributed by atoms with Gasteiger partial charge >= 0.3 is 0 Å². The molecule has 88 valence electrons. The molecular weight excluding hydrogens is 230 g/mol. The van der Waals surface area contributed by atoms with Crippen molar-refractivity contribution in [1.82, 2.24) is 0 Å². The van der Waals surface area contributed by atoms with E-state index in [1.54, 1.807) is 0 Å². The summed E-state index contributed by atoms with van der Waals surface area (Å²) in [7, 11) is 0. The molecule has 0 spiro atoms. The van der Waals surface area contributed by atoms with Gasteiger partial charge in [0.25, 0.3) is 0 Å². The maximum atomic E-state index is 6.46. The molecule has 0 atom stereocenters. The van der Waals surface area contributed by atoms with Crippen LogP contribution in [0, 0.1) is 0 Å². The van der Waals surface area contributed by atoms with E-state index in [9.17, 15) is 0 Å². The molecule has 17 heavy (non-hydrogen) atoms. The fourth-order valence-electron chi connectivity index (χ4n) is 1.94. The summed E-state index contributed by atoms with van der Waals surface area (Å²) >= 11 is 6.46. The van der Waals surface area contributed by atoms with Crippen molar-refractivity contribution in [3.63, 3.8) is 0 Å². The second-order valence-corrected chi connectivity index (χ2v) is 4.44. The Morgan fingerprint density at radius 3 is 2.35 bits per heavy atom. The molecule has 0 radical (unpaired) electrons. The van der Waals surface area contributed by atoms with E-state index >= 15 is 0 Å². The van der Waals surface area contributed by atoms with Gasteiger partial charge in [-0.2, -0.15) is 0 Å². The van der Waals surface area contributed by atoms with Crippen LogP contribution in [0.25, 0.3) is 11.1 Å². The normalized spacial score (nSPS) is 10.5. The van der Waals surface area contributed by atoms with Crippen molar-refractivity contribution in [1.29, 1.82) is 0 Å². The van der Waals surface area contributed by atoms with E-state index < -0.39 is 0 Å². The highest BCUT2D eigenvalue weighted by Crippen LogP contribution is 2.29. The molecule has 0 amide bonds. The van der Waals surface area contributed by atoms with Gasteiger partial charge in [-0.3, -0.25) is 0 Å². The van der Waals surface area contributed by atoms with Gasteiger partial charge in [-0.1, -0.05) is 48.9 Å². The summed E-state index contributed by atoms with van der Waals surface area (Å²) in [5, 5.41) is 0.878. The lowest BCUT2D eigenvalue weighted by molar-refractivity contribution is -0.693. The number of nitrogens with zero attached hydrogens (tertiary/aromatic N) is 1. The molecule has 1 aromatic heterocycles. The number of rotatable bonds is 3. The minimum atomic E-state index is 0.878. The molecule has 0 saturated carbocycles. The third kappa shape index (κ3) is 2.50. The predicted octanol–water partition coefficient (Wildman–Crippen LogP) is 3.88. The van der Waals surface area contributed by atoms with Crippen molar-refractivity contribution in [2.24, 2.45) is 0 Å². The first-order valence-electron chi connectivity index (χ1n) is 6.03. The first-order valence-corrected chi connectivity index (χ1v) is 6.41. The van der Waals surface area contributed by atoms with Crippen LogP contribution in [0.5, 0.6) is 0 Å². The van der Waals surface area contributed by atoms with Gasteiger partial charge in [-0.15, -0.1) is 0 Å². The first kappa shape index (κ1) is 12.1. The molecule has 0 aliphatic heterocycles. The minimum Gasteiger partial charge on any atom is -0.204 e. The molecule has 1 aromatic carbocycles. The topological polar surface area (TPSA) is 3.88 Å². The number of aromatic nitrogens is 1. The molecule has 0 saturated heterocycles. The number of hydrogen-bond acceptors (Lipinski definition) is 0. The Hall–Kier alpha value is -1.34. The summed E-state index contributed by atoms with van der Waals surface area (Å²) in [4.78, 5) is 0. The lowest BCUT2D eigenvalue weighted by Gasteiger charge is -2.07. The van der Waals surface area contributed by atoms with Crippen LogP contribution >= 0.6 is 11.6 Å². The molecule has 1 heterocycles. The average Bonchev–Trinajstić information content (AvgIpc) is 2.40. The predicted molar refractivity (Wildman–Crippen MR) is 72.1 cm³/mol.